The molecule has 1 aromatic carbocycles. The molecule has 3 heteroatoms. The van der Waals surface area contributed by atoms with E-state index in [1.807, 2.05) is 30.3 Å². The zero-order valence-corrected chi connectivity index (χ0v) is 14.2. The number of aliphatic hydroxyl groups is 1. The molecule has 0 radical (unpaired) electrons. The lowest BCUT2D eigenvalue weighted by Crippen LogP contribution is -2.43. The fraction of sp³-hybridized carbons (Fsp3) is 0.650. The number of aliphatic hydroxyl groups excluding tert-OH is 1. The summed E-state index contributed by atoms with van der Waals surface area (Å²) in [6.45, 7) is 4.75. The largest absolute Gasteiger partial charge is 0.458 e. The highest BCUT2D eigenvalue weighted by molar-refractivity contribution is 5.89. The van der Waals surface area contributed by atoms with Gasteiger partial charge in [-0.2, -0.15) is 0 Å². The number of ether oxygens (including phenoxy) is 1. The molecule has 0 bridgehead atoms. The molecule has 2 aliphatic carbocycles. The summed E-state index contributed by atoms with van der Waals surface area (Å²) < 4.78 is 5.92. The first kappa shape index (κ1) is 16.5. The average Bonchev–Trinajstić information content (AvgIpc) is 2.93. The van der Waals surface area contributed by atoms with Crippen LogP contribution in [0.4, 0.5) is 0 Å². The maximum absolute atomic E-state index is 12.4. The van der Waals surface area contributed by atoms with Crippen molar-refractivity contribution >= 4 is 5.97 Å². The van der Waals surface area contributed by atoms with Crippen LogP contribution >= 0.6 is 0 Å². The summed E-state index contributed by atoms with van der Waals surface area (Å²) in [7, 11) is 0. The predicted octanol–water partition coefficient (Wildman–Crippen LogP) is 4.06. The summed E-state index contributed by atoms with van der Waals surface area (Å²) in [6.07, 6.45) is 5.54. The fourth-order valence-electron chi connectivity index (χ4n) is 5.14. The number of esters is 1. The van der Waals surface area contributed by atoms with Gasteiger partial charge in [0.25, 0.3) is 0 Å². The Hall–Kier alpha value is -1.35. The van der Waals surface area contributed by atoms with Crippen molar-refractivity contribution < 1.29 is 14.6 Å². The average molecular weight is 316 g/mol. The number of hydrogen-bond donors (Lipinski definition) is 1. The Bertz CT molecular complexity index is 541. The van der Waals surface area contributed by atoms with Crippen LogP contribution in [0, 0.1) is 23.2 Å². The zero-order chi connectivity index (χ0) is 16.4. The Morgan fingerprint density at radius 3 is 2.74 bits per heavy atom. The van der Waals surface area contributed by atoms with Gasteiger partial charge in [0.1, 0.15) is 6.10 Å². The lowest BCUT2D eigenvalue weighted by molar-refractivity contribution is -0.0498. The second-order valence-electron chi connectivity index (χ2n) is 7.66. The zero-order valence-electron chi connectivity index (χ0n) is 14.2. The molecule has 3 nitrogen and oxygen atoms in total. The van der Waals surface area contributed by atoms with Gasteiger partial charge < -0.3 is 9.84 Å². The first-order valence-electron chi connectivity index (χ1n) is 8.93. The Kier molecular flexibility index (Phi) is 4.77. The van der Waals surface area contributed by atoms with Gasteiger partial charge in [-0.1, -0.05) is 32.0 Å². The first-order chi connectivity index (χ1) is 11.1. The van der Waals surface area contributed by atoms with Crippen LogP contribution in [0.1, 0.15) is 56.3 Å². The van der Waals surface area contributed by atoms with Crippen LogP contribution in [0.15, 0.2) is 30.3 Å². The van der Waals surface area contributed by atoms with E-state index in [0.717, 1.165) is 25.7 Å². The summed E-state index contributed by atoms with van der Waals surface area (Å²) in [4.78, 5) is 12.4. The summed E-state index contributed by atoms with van der Waals surface area (Å²) in [6, 6.07) is 9.28. The summed E-state index contributed by atoms with van der Waals surface area (Å²) >= 11 is 0. The van der Waals surface area contributed by atoms with E-state index >= 15 is 0 Å². The van der Waals surface area contributed by atoms with E-state index in [0.29, 0.717) is 23.3 Å². The quantitative estimate of drug-likeness (QED) is 0.852. The molecule has 0 saturated heterocycles. The van der Waals surface area contributed by atoms with E-state index in [9.17, 15) is 9.90 Å². The topological polar surface area (TPSA) is 46.5 Å². The minimum atomic E-state index is -0.196. The summed E-state index contributed by atoms with van der Waals surface area (Å²) in [5, 5.41) is 9.57. The van der Waals surface area contributed by atoms with Crippen LogP contribution in [0.25, 0.3) is 0 Å². The van der Waals surface area contributed by atoms with E-state index in [1.54, 1.807) is 0 Å². The lowest BCUT2D eigenvalue weighted by Gasteiger charge is -2.46. The van der Waals surface area contributed by atoms with E-state index in [2.05, 4.69) is 13.8 Å². The maximum atomic E-state index is 12.4. The van der Waals surface area contributed by atoms with Crippen LogP contribution in [-0.4, -0.2) is 23.8 Å². The van der Waals surface area contributed by atoms with Gasteiger partial charge in [0, 0.05) is 12.5 Å². The number of carbonyl (C=O) groups excluding carboxylic acids is 1. The number of carbonyl (C=O) groups is 1. The van der Waals surface area contributed by atoms with E-state index in [1.165, 1.54) is 6.42 Å². The van der Waals surface area contributed by atoms with Crippen molar-refractivity contribution in [2.45, 2.75) is 52.1 Å². The Balaban J connectivity index is 1.74. The molecule has 2 fully saturated rings. The molecule has 23 heavy (non-hydrogen) atoms. The normalized spacial score (nSPS) is 34.7. The smallest absolute Gasteiger partial charge is 0.338 e. The molecule has 1 aromatic rings. The molecule has 0 aromatic heterocycles. The highest BCUT2D eigenvalue weighted by Crippen LogP contribution is 2.58. The van der Waals surface area contributed by atoms with Crippen LogP contribution in [-0.2, 0) is 4.74 Å². The molecule has 2 saturated carbocycles. The predicted molar refractivity (Wildman–Crippen MR) is 90.1 cm³/mol. The van der Waals surface area contributed by atoms with Gasteiger partial charge in [-0.25, -0.2) is 4.79 Å². The maximum Gasteiger partial charge on any atom is 0.338 e. The monoisotopic (exact) mass is 316 g/mol. The molecule has 5 atom stereocenters. The Labute approximate surface area is 139 Å². The highest BCUT2D eigenvalue weighted by Gasteiger charge is 2.53. The summed E-state index contributed by atoms with van der Waals surface area (Å²) in [5.41, 5.74) is 0.834. The molecule has 0 aliphatic heterocycles. The third kappa shape index (κ3) is 3.03. The van der Waals surface area contributed by atoms with Gasteiger partial charge in [-0.15, -0.1) is 0 Å². The van der Waals surface area contributed by atoms with Gasteiger partial charge in [0.05, 0.1) is 5.56 Å². The van der Waals surface area contributed by atoms with Crippen molar-refractivity contribution in [2.75, 3.05) is 6.61 Å². The van der Waals surface area contributed by atoms with Crippen LogP contribution in [0.2, 0.25) is 0 Å². The molecule has 1 unspecified atom stereocenters. The molecule has 2 aliphatic rings. The standard InChI is InChI=1S/C20H28O3/c1-14(13-21)16-10-11-17-18(9-6-12-20(16,17)2)23-19(22)15-7-4-3-5-8-15/h3-5,7-8,14,16-18,21H,6,9-13H2,1-2H3/t14-,16-,17+,18?,20-/m1/s1. The highest BCUT2D eigenvalue weighted by atomic mass is 16.5. The number of hydrogen-bond acceptors (Lipinski definition) is 3. The number of benzene rings is 1. The second-order valence-corrected chi connectivity index (χ2v) is 7.66. The molecular formula is C20H28O3. The van der Waals surface area contributed by atoms with Gasteiger partial charge >= 0.3 is 5.97 Å². The van der Waals surface area contributed by atoms with Gasteiger partial charge in [-0.05, 0) is 61.5 Å². The number of fused-ring (bicyclic) bond motifs is 1. The number of rotatable bonds is 4. The second kappa shape index (κ2) is 6.64. The SMILES string of the molecule is C[C@H](CO)[C@H]1CC[C@H]2C(OC(=O)c3ccccc3)CCC[C@]12C. The van der Waals surface area contributed by atoms with Crippen molar-refractivity contribution in [3.63, 3.8) is 0 Å². The van der Waals surface area contributed by atoms with Crippen molar-refractivity contribution in [3.8, 4) is 0 Å². The lowest BCUT2D eigenvalue weighted by atomic mass is 9.62. The third-order valence-electron chi connectivity index (χ3n) is 6.38. The van der Waals surface area contributed by atoms with E-state index < -0.39 is 0 Å². The molecular weight excluding hydrogens is 288 g/mol. The third-order valence-corrected chi connectivity index (χ3v) is 6.38. The van der Waals surface area contributed by atoms with Gasteiger partial charge in [0.15, 0.2) is 0 Å². The van der Waals surface area contributed by atoms with Crippen molar-refractivity contribution in [1.29, 1.82) is 0 Å². The molecule has 0 heterocycles. The van der Waals surface area contributed by atoms with Crippen molar-refractivity contribution in [2.24, 2.45) is 23.2 Å². The molecule has 126 valence electrons. The summed E-state index contributed by atoms with van der Waals surface area (Å²) in [5.74, 6) is 1.10. The van der Waals surface area contributed by atoms with Crippen LogP contribution in [0.3, 0.4) is 0 Å². The molecule has 3 rings (SSSR count). The Morgan fingerprint density at radius 2 is 2.04 bits per heavy atom. The Morgan fingerprint density at radius 1 is 1.30 bits per heavy atom. The minimum Gasteiger partial charge on any atom is -0.458 e. The van der Waals surface area contributed by atoms with Gasteiger partial charge in [-0.3, -0.25) is 0 Å². The first-order valence-corrected chi connectivity index (χ1v) is 8.93. The van der Waals surface area contributed by atoms with Crippen molar-refractivity contribution in [1.82, 2.24) is 0 Å². The van der Waals surface area contributed by atoms with E-state index in [4.69, 9.17) is 4.74 Å². The fourth-order valence-corrected chi connectivity index (χ4v) is 5.14. The van der Waals surface area contributed by atoms with E-state index in [-0.39, 0.29) is 24.1 Å². The van der Waals surface area contributed by atoms with Crippen molar-refractivity contribution in [3.05, 3.63) is 35.9 Å². The molecule has 0 spiro atoms. The molecule has 0 amide bonds. The van der Waals surface area contributed by atoms with Gasteiger partial charge in [0.2, 0.25) is 0 Å². The minimum absolute atomic E-state index is 0.0253. The van der Waals surface area contributed by atoms with Crippen LogP contribution in [0.5, 0.6) is 0 Å². The van der Waals surface area contributed by atoms with Crippen LogP contribution < -0.4 is 0 Å². The molecule has 1 N–H and O–H groups in total.